The number of H-pyrrole nitrogens is 1. The summed E-state index contributed by atoms with van der Waals surface area (Å²) < 4.78 is 27.7. The number of rotatable bonds is 5. The van der Waals surface area contributed by atoms with E-state index in [0.29, 0.717) is 22.3 Å². The first-order valence-corrected chi connectivity index (χ1v) is 8.73. The molecule has 0 aliphatic rings. The van der Waals surface area contributed by atoms with Gasteiger partial charge < -0.3 is 14.9 Å². The van der Waals surface area contributed by atoms with Crippen molar-refractivity contribution < 1.29 is 13.6 Å². The van der Waals surface area contributed by atoms with Gasteiger partial charge in [0.25, 0.3) is 12.3 Å². The van der Waals surface area contributed by atoms with Gasteiger partial charge in [-0.25, -0.2) is 13.8 Å². The zero-order valence-electron chi connectivity index (χ0n) is 14.7. The molecule has 2 heterocycles. The lowest BCUT2D eigenvalue weighted by atomic mass is 10.1. The van der Waals surface area contributed by atoms with Crippen molar-refractivity contribution >= 4 is 33.5 Å². The molecule has 0 aliphatic carbocycles. The zero-order chi connectivity index (χ0) is 19.0. The van der Waals surface area contributed by atoms with Crippen LogP contribution in [0, 0.1) is 0 Å². The summed E-state index contributed by atoms with van der Waals surface area (Å²) in [6.07, 6.45) is 0.402. The molecule has 0 saturated heterocycles. The minimum atomic E-state index is -2.68. The van der Waals surface area contributed by atoms with E-state index in [1.54, 1.807) is 12.1 Å². The number of carbonyl (C=O) groups excluding carboxylic acids is 1. The van der Waals surface area contributed by atoms with Gasteiger partial charge in [0, 0.05) is 34.9 Å². The van der Waals surface area contributed by atoms with Crippen molar-refractivity contribution in [2.45, 2.75) is 26.3 Å². The van der Waals surface area contributed by atoms with Crippen LogP contribution in [0.15, 0.2) is 48.7 Å². The van der Waals surface area contributed by atoms with Gasteiger partial charge in [0.2, 0.25) is 0 Å². The predicted molar refractivity (Wildman–Crippen MR) is 101 cm³/mol. The van der Waals surface area contributed by atoms with Gasteiger partial charge in [0.15, 0.2) is 5.82 Å². The smallest absolute Gasteiger partial charge is 0.295 e. The maximum Gasteiger partial charge on any atom is 0.295 e. The van der Waals surface area contributed by atoms with E-state index in [0.717, 1.165) is 23.9 Å². The molecule has 0 unspecified atom stereocenters. The van der Waals surface area contributed by atoms with Gasteiger partial charge in [-0.15, -0.1) is 0 Å². The first-order chi connectivity index (χ1) is 13.0. The van der Waals surface area contributed by atoms with Crippen molar-refractivity contribution in [3.63, 3.8) is 0 Å². The number of carbonyl (C=O) groups is 1. The minimum Gasteiger partial charge on any atom is -0.347 e. The lowest BCUT2D eigenvalue weighted by Gasteiger charge is -2.07. The third kappa shape index (κ3) is 3.28. The van der Waals surface area contributed by atoms with Crippen molar-refractivity contribution in [1.82, 2.24) is 14.5 Å². The Kier molecular flexibility index (Phi) is 4.35. The molecule has 2 aromatic carbocycles. The van der Waals surface area contributed by atoms with E-state index in [9.17, 15) is 13.6 Å². The number of amides is 1. The summed E-state index contributed by atoms with van der Waals surface area (Å²) in [4.78, 5) is 18.9. The second kappa shape index (κ2) is 6.83. The molecular formula is C20H18F2N4O. The number of hydrogen-bond acceptors (Lipinski definition) is 2. The fraction of sp³-hybridized carbons (Fsp3) is 0.200. The van der Waals surface area contributed by atoms with Gasteiger partial charge in [0.1, 0.15) is 0 Å². The highest BCUT2D eigenvalue weighted by Crippen LogP contribution is 2.23. The molecule has 4 rings (SSSR count). The number of fused-ring (bicyclic) bond motifs is 2. The summed E-state index contributed by atoms with van der Waals surface area (Å²) in [7, 11) is 0. The summed E-state index contributed by atoms with van der Waals surface area (Å²) in [5.74, 6) is -0.706. The number of halogens is 2. The van der Waals surface area contributed by atoms with Crippen LogP contribution in [0.25, 0.3) is 21.9 Å². The van der Waals surface area contributed by atoms with Crippen LogP contribution in [0.4, 0.5) is 14.5 Å². The number of anilines is 1. The SMILES string of the molecule is CCCn1ccc2cc(NC(=O)c3ccc4nc(C(F)F)[nH]c4c3)ccc21. The van der Waals surface area contributed by atoms with E-state index >= 15 is 0 Å². The second-order valence-corrected chi connectivity index (χ2v) is 6.39. The number of imidazole rings is 1. The van der Waals surface area contributed by atoms with Crippen LogP contribution in [0.2, 0.25) is 0 Å². The van der Waals surface area contributed by atoms with E-state index in [-0.39, 0.29) is 5.91 Å². The van der Waals surface area contributed by atoms with Crippen LogP contribution in [-0.4, -0.2) is 20.4 Å². The van der Waals surface area contributed by atoms with Crippen LogP contribution in [-0.2, 0) is 6.54 Å². The normalized spacial score (nSPS) is 11.6. The fourth-order valence-electron chi connectivity index (χ4n) is 3.19. The molecule has 0 radical (unpaired) electrons. The lowest BCUT2D eigenvalue weighted by Crippen LogP contribution is -2.11. The molecule has 4 aromatic rings. The Morgan fingerprint density at radius 3 is 2.85 bits per heavy atom. The van der Waals surface area contributed by atoms with Gasteiger partial charge in [-0.05, 0) is 48.9 Å². The highest BCUT2D eigenvalue weighted by molar-refractivity contribution is 6.06. The molecule has 5 nitrogen and oxygen atoms in total. The average molecular weight is 368 g/mol. The van der Waals surface area contributed by atoms with Gasteiger partial charge in [-0.3, -0.25) is 4.79 Å². The number of alkyl halides is 2. The van der Waals surface area contributed by atoms with E-state index in [1.807, 2.05) is 30.5 Å². The Balaban J connectivity index is 1.58. The maximum atomic E-state index is 12.8. The molecule has 0 atom stereocenters. The Bertz CT molecular complexity index is 1130. The standard InChI is InChI=1S/C20H18F2N4O/c1-2-8-26-9-7-12-10-14(4-6-17(12)26)23-20(27)13-3-5-15-16(11-13)25-19(24-15)18(21)22/h3-7,9-11,18H,2,8H2,1H3,(H,23,27)(H,24,25). The Morgan fingerprint density at radius 2 is 2.07 bits per heavy atom. The fourth-order valence-corrected chi connectivity index (χ4v) is 3.19. The number of aromatic nitrogens is 3. The monoisotopic (exact) mass is 368 g/mol. The van der Waals surface area contributed by atoms with Crippen molar-refractivity contribution in [2.24, 2.45) is 0 Å². The number of aromatic amines is 1. The number of aryl methyl sites for hydroxylation is 1. The van der Waals surface area contributed by atoms with Crippen molar-refractivity contribution in [2.75, 3.05) is 5.32 Å². The van der Waals surface area contributed by atoms with Crippen LogP contribution in [0.3, 0.4) is 0 Å². The highest BCUT2D eigenvalue weighted by Gasteiger charge is 2.14. The molecule has 0 spiro atoms. The van der Waals surface area contributed by atoms with Gasteiger partial charge in [0.05, 0.1) is 11.0 Å². The van der Waals surface area contributed by atoms with Crippen LogP contribution in [0.1, 0.15) is 36.0 Å². The van der Waals surface area contributed by atoms with E-state index in [1.165, 1.54) is 6.07 Å². The first kappa shape index (κ1) is 17.2. The molecule has 2 N–H and O–H groups in total. The maximum absolute atomic E-state index is 12.8. The summed E-state index contributed by atoms with van der Waals surface area (Å²) in [6, 6.07) is 12.4. The molecule has 2 aromatic heterocycles. The number of nitrogens with zero attached hydrogens (tertiary/aromatic N) is 2. The molecule has 0 aliphatic heterocycles. The molecular weight excluding hydrogens is 350 g/mol. The number of hydrogen-bond donors (Lipinski definition) is 2. The molecule has 0 fully saturated rings. The van der Waals surface area contributed by atoms with Crippen molar-refractivity contribution in [3.8, 4) is 0 Å². The Hall–Kier alpha value is -3.22. The molecule has 27 heavy (non-hydrogen) atoms. The summed E-state index contributed by atoms with van der Waals surface area (Å²) in [5.41, 5.74) is 2.98. The van der Waals surface area contributed by atoms with Crippen LogP contribution in [0.5, 0.6) is 0 Å². The number of nitrogens with one attached hydrogen (secondary N) is 2. The van der Waals surface area contributed by atoms with E-state index < -0.39 is 12.2 Å². The lowest BCUT2D eigenvalue weighted by molar-refractivity contribution is 0.102. The summed E-state index contributed by atoms with van der Waals surface area (Å²) in [5, 5.41) is 3.90. The second-order valence-electron chi connectivity index (χ2n) is 6.39. The largest absolute Gasteiger partial charge is 0.347 e. The highest BCUT2D eigenvalue weighted by atomic mass is 19.3. The first-order valence-electron chi connectivity index (χ1n) is 8.73. The van der Waals surface area contributed by atoms with Crippen molar-refractivity contribution in [3.05, 3.63) is 60.0 Å². The summed E-state index contributed by atoms with van der Waals surface area (Å²) >= 11 is 0. The van der Waals surface area contributed by atoms with Crippen LogP contribution >= 0.6 is 0 Å². The Labute approximate surface area is 154 Å². The van der Waals surface area contributed by atoms with Gasteiger partial charge >= 0.3 is 0 Å². The Morgan fingerprint density at radius 1 is 1.22 bits per heavy atom. The third-order valence-corrected chi connectivity index (χ3v) is 4.46. The molecule has 138 valence electrons. The molecule has 1 amide bonds. The molecule has 7 heteroatoms. The molecule has 0 saturated carbocycles. The topological polar surface area (TPSA) is 62.7 Å². The minimum absolute atomic E-state index is 0.308. The predicted octanol–water partition coefficient (Wildman–Crippen LogP) is 5.12. The summed E-state index contributed by atoms with van der Waals surface area (Å²) in [6.45, 7) is 3.07. The zero-order valence-corrected chi connectivity index (χ0v) is 14.7. The third-order valence-electron chi connectivity index (χ3n) is 4.46. The average Bonchev–Trinajstić information content (AvgIpc) is 3.25. The van der Waals surface area contributed by atoms with Crippen molar-refractivity contribution in [1.29, 1.82) is 0 Å². The van der Waals surface area contributed by atoms with E-state index in [4.69, 9.17) is 0 Å². The van der Waals surface area contributed by atoms with Crippen LogP contribution < -0.4 is 5.32 Å². The van der Waals surface area contributed by atoms with Gasteiger partial charge in [-0.2, -0.15) is 0 Å². The number of benzene rings is 2. The van der Waals surface area contributed by atoms with E-state index in [2.05, 4.69) is 26.8 Å². The molecule has 0 bridgehead atoms. The van der Waals surface area contributed by atoms with Gasteiger partial charge in [-0.1, -0.05) is 6.92 Å². The quantitative estimate of drug-likeness (QED) is 0.514.